The molecule has 0 saturated carbocycles. The van der Waals surface area contributed by atoms with Crippen LogP contribution < -0.4 is 5.32 Å². The average Bonchev–Trinajstić information content (AvgIpc) is 2.62. The second kappa shape index (κ2) is 7.54. The highest BCUT2D eigenvalue weighted by molar-refractivity contribution is 7.89. The van der Waals surface area contributed by atoms with Gasteiger partial charge in [0.25, 0.3) is 0 Å². The number of anilines is 1. The van der Waals surface area contributed by atoms with Crippen LogP contribution in [0.5, 0.6) is 0 Å². The molecule has 0 radical (unpaired) electrons. The van der Waals surface area contributed by atoms with Crippen LogP contribution in [-0.4, -0.2) is 36.8 Å². The highest BCUT2D eigenvalue weighted by atomic mass is 32.2. The van der Waals surface area contributed by atoms with Crippen LogP contribution in [0.15, 0.2) is 47.4 Å². The van der Waals surface area contributed by atoms with Crippen LogP contribution in [0.25, 0.3) is 0 Å². The van der Waals surface area contributed by atoms with Gasteiger partial charge in [0.1, 0.15) is 5.82 Å². The molecule has 1 aromatic heterocycles. The van der Waals surface area contributed by atoms with E-state index in [0.29, 0.717) is 18.0 Å². The van der Waals surface area contributed by atoms with E-state index in [-0.39, 0.29) is 6.04 Å². The summed E-state index contributed by atoms with van der Waals surface area (Å²) in [7, 11) is -3.40. The lowest BCUT2D eigenvalue weighted by Crippen LogP contribution is -2.42. The molecule has 0 amide bonds. The second-order valence-electron chi connectivity index (χ2n) is 6.48. The summed E-state index contributed by atoms with van der Waals surface area (Å²) in [5.41, 5.74) is 2.12. The first-order valence-corrected chi connectivity index (χ1v) is 10.2. The number of rotatable bonds is 5. The highest BCUT2D eigenvalue weighted by Gasteiger charge is 2.29. The second-order valence-corrected chi connectivity index (χ2v) is 8.42. The molecule has 1 aromatic carbocycles. The van der Waals surface area contributed by atoms with E-state index in [4.69, 9.17) is 0 Å². The largest absolute Gasteiger partial charge is 0.367 e. The Kier molecular flexibility index (Phi) is 5.39. The topological polar surface area (TPSA) is 62.3 Å². The first kappa shape index (κ1) is 17.9. The van der Waals surface area contributed by atoms with Crippen molar-refractivity contribution in [2.45, 2.75) is 44.0 Å². The van der Waals surface area contributed by atoms with Gasteiger partial charge >= 0.3 is 0 Å². The minimum atomic E-state index is -3.40. The molecular weight excluding hydrogens is 334 g/mol. The summed E-state index contributed by atoms with van der Waals surface area (Å²) in [6, 6.07) is 13.4. The molecule has 0 bridgehead atoms. The number of hydrogen-bond donors (Lipinski definition) is 1. The Morgan fingerprint density at radius 3 is 2.40 bits per heavy atom. The predicted molar refractivity (Wildman–Crippen MR) is 100 cm³/mol. The monoisotopic (exact) mass is 359 g/mol. The number of aromatic nitrogens is 1. The first-order valence-electron chi connectivity index (χ1n) is 8.78. The molecule has 0 spiro atoms. The fourth-order valence-electron chi connectivity index (χ4n) is 3.12. The number of pyridine rings is 1. The predicted octanol–water partition coefficient (Wildman–Crippen LogP) is 3.22. The lowest BCUT2D eigenvalue weighted by atomic mass is 10.1. The SMILES string of the molecule is CCc1ccc(S(=O)(=O)N2CCC(Nc3cccc(C)n3)CC2)cc1. The van der Waals surface area contributed by atoms with Gasteiger partial charge in [0.2, 0.25) is 10.0 Å². The van der Waals surface area contributed by atoms with Gasteiger partial charge in [0, 0.05) is 24.8 Å². The van der Waals surface area contributed by atoms with Crippen LogP contribution in [0.2, 0.25) is 0 Å². The zero-order valence-corrected chi connectivity index (χ0v) is 15.6. The molecule has 1 N–H and O–H groups in total. The Morgan fingerprint density at radius 2 is 1.80 bits per heavy atom. The maximum absolute atomic E-state index is 12.8. The Morgan fingerprint density at radius 1 is 1.12 bits per heavy atom. The summed E-state index contributed by atoms with van der Waals surface area (Å²) in [6.07, 6.45) is 2.47. The van der Waals surface area contributed by atoms with Gasteiger partial charge in [-0.15, -0.1) is 0 Å². The summed E-state index contributed by atoms with van der Waals surface area (Å²) in [5, 5.41) is 3.42. The number of nitrogens with zero attached hydrogens (tertiary/aromatic N) is 2. The van der Waals surface area contributed by atoms with Gasteiger partial charge in [-0.25, -0.2) is 13.4 Å². The summed E-state index contributed by atoms with van der Waals surface area (Å²) in [4.78, 5) is 4.84. The van der Waals surface area contributed by atoms with Crippen LogP contribution in [0.4, 0.5) is 5.82 Å². The lowest BCUT2D eigenvalue weighted by Gasteiger charge is -2.32. The molecule has 3 rings (SSSR count). The normalized spacial score (nSPS) is 16.7. The number of hydrogen-bond acceptors (Lipinski definition) is 4. The molecule has 1 aliphatic heterocycles. The quantitative estimate of drug-likeness (QED) is 0.890. The van der Waals surface area contributed by atoms with Gasteiger partial charge in [-0.2, -0.15) is 4.31 Å². The third kappa shape index (κ3) is 4.19. The van der Waals surface area contributed by atoms with E-state index in [2.05, 4.69) is 17.2 Å². The van der Waals surface area contributed by atoms with E-state index in [1.807, 2.05) is 37.3 Å². The molecule has 134 valence electrons. The van der Waals surface area contributed by atoms with Crippen molar-refractivity contribution < 1.29 is 8.42 Å². The number of piperidine rings is 1. The van der Waals surface area contributed by atoms with Gasteiger partial charge in [0.05, 0.1) is 4.90 Å². The molecule has 2 heterocycles. The molecule has 1 fully saturated rings. The molecular formula is C19H25N3O2S. The van der Waals surface area contributed by atoms with E-state index in [1.54, 1.807) is 16.4 Å². The molecule has 5 nitrogen and oxygen atoms in total. The molecule has 0 unspecified atom stereocenters. The molecule has 0 aliphatic carbocycles. The zero-order valence-electron chi connectivity index (χ0n) is 14.8. The summed E-state index contributed by atoms with van der Waals surface area (Å²) < 4.78 is 27.2. The molecule has 6 heteroatoms. The first-order chi connectivity index (χ1) is 12.0. The van der Waals surface area contributed by atoms with Crippen molar-refractivity contribution in [3.63, 3.8) is 0 Å². The highest BCUT2D eigenvalue weighted by Crippen LogP contribution is 2.22. The minimum Gasteiger partial charge on any atom is -0.367 e. The zero-order chi connectivity index (χ0) is 17.9. The molecule has 0 atom stereocenters. The lowest BCUT2D eigenvalue weighted by molar-refractivity contribution is 0.329. The Labute approximate surface area is 150 Å². The van der Waals surface area contributed by atoms with Crippen molar-refractivity contribution in [3.05, 3.63) is 53.7 Å². The van der Waals surface area contributed by atoms with Crippen LogP contribution >= 0.6 is 0 Å². The Hall–Kier alpha value is -1.92. The maximum atomic E-state index is 12.8. The van der Waals surface area contributed by atoms with E-state index in [1.165, 1.54) is 0 Å². The number of sulfonamides is 1. The fraction of sp³-hybridized carbons (Fsp3) is 0.421. The third-order valence-electron chi connectivity index (χ3n) is 4.66. The van der Waals surface area contributed by atoms with E-state index >= 15 is 0 Å². The smallest absolute Gasteiger partial charge is 0.243 e. The van der Waals surface area contributed by atoms with Crippen molar-refractivity contribution in [1.82, 2.24) is 9.29 Å². The molecule has 25 heavy (non-hydrogen) atoms. The van der Waals surface area contributed by atoms with Crippen LogP contribution in [0, 0.1) is 6.92 Å². The van der Waals surface area contributed by atoms with Crippen molar-refractivity contribution in [2.75, 3.05) is 18.4 Å². The van der Waals surface area contributed by atoms with Gasteiger partial charge < -0.3 is 5.32 Å². The molecule has 2 aromatic rings. The van der Waals surface area contributed by atoms with Crippen LogP contribution in [0.1, 0.15) is 31.0 Å². The summed E-state index contributed by atoms with van der Waals surface area (Å²) >= 11 is 0. The third-order valence-corrected chi connectivity index (χ3v) is 6.58. The number of benzene rings is 1. The Balaban J connectivity index is 1.62. The van der Waals surface area contributed by atoms with E-state index in [0.717, 1.165) is 36.3 Å². The average molecular weight is 359 g/mol. The standard InChI is InChI=1S/C19H25N3O2S/c1-3-16-7-9-18(10-8-16)25(23,24)22-13-11-17(12-14-22)21-19-6-4-5-15(2)20-19/h4-10,17H,3,11-14H2,1-2H3,(H,20,21). The van der Waals surface area contributed by atoms with E-state index in [9.17, 15) is 8.42 Å². The van der Waals surface area contributed by atoms with Crippen molar-refractivity contribution in [2.24, 2.45) is 0 Å². The van der Waals surface area contributed by atoms with Crippen LogP contribution in [-0.2, 0) is 16.4 Å². The molecule has 1 saturated heterocycles. The Bertz CT molecular complexity index is 811. The van der Waals surface area contributed by atoms with Crippen LogP contribution in [0.3, 0.4) is 0 Å². The van der Waals surface area contributed by atoms with Gasteiger partial charge in [-0.3, -0.25) is 0 Å². The van der Waals surface area contributed by atoms with Gasteiger partial charge in [-0.1, -0.05) is 25.1 Å². The number of aryl methyl sites for hydroxylation is 2. The van der Waals surface area contributed by atoms with Gasteiger partial charge in [0.15, 0.2) is 0 Å². The van der Waals surface area contributed by atoms with Gasteiger partial charge in [-0.05, 0) is 56.0 Å². The van der Waals surface area contributed by atoms with E-state index < -0.39 is 10.0 Å². The number of nitrogens with one attached hydrogen (secondary N) is 1. The fourth-order valence-corrected chi connectivity index (χ4v) is 4.59. The van der Waals surface area contributed by atoms with Crippen molar-refractivity contribution >= 4 is 15.8 Å². The summed E-state index contributed by atoms with van der Waals surface area (Å²) in [5.74, 6) is 0.858. The summed E-state index contributed by atoms with van der Waals surface area (Å²) in [6.45, 7) is 5.08. The molecule has 1 aliphatic rings. The maximum Gasteiger partial charge on any atom is 0.243 e. The van der Waals surface area contributed by atoms with Crippen molar-refractivity contribution in [3.8, 4) is 0 Å². The van der Waals surface area contributed by atoms with Crippen molar-refractivity contribution in [1.29, 1.82) is 0 Å². The minimum absolute atomic E-state index is 0.253.